The van der Waals surface area contributed by atoms with Crippen LogP contribution in [0.3, 0.4) is 0 Å². The van der Waals surface area contributed by atoms with Gasteiger partial charge in [0.2, 0.25) is 0 Å². The third kappa shape index (κ3) is 5.00. The summed E-state index contributed by atoms with van der Waals surface area (Å²) < 4.78 is 11.0. The predicted molar refractivity (Wildman–Crippen MR) is 125 cm³/mol. The summed E-state index contributed by atoms with van der Waals surface area (Å²) >= 11 is 0. The van der Waals surface area contributed by atoms with Gasteiger partial charge in [-0.1, -0.05) is 48.5 Å². The molecule has 180 valence electrons. The van der Waals surface area contributed by atoms with Gasteiger partial charge in [0.25, 0.3) is 0 Å². The molecule has 0 aromatic heterocycles. The van der Waals surface area contributed by atoms with Crippen LogP contribution in [0.4, 0.5) is 9.59 Å². The van der Waals surface area contributed by atoms with Crippen molar-refractivity contribution in [2.24, 2.45) is 5.92 Å². The molecular formula is C26H30N2O6. The molecular weight excluding hydrogens is 436 g/mol. The van der Waals surface area contributed by atoms with Crippen molar-refractivity contribution in [3.8, 4) is 11.1 Å². The highest BCUT2D eigenvalue weighted by Gasteiger charge is 2.38. The minimum atomic E-state index is -0.955. The number of nitrogens with zero attached hydrogens (tertiary/aromatic N) is 1. The lowest BCUT2D eigenvalue weighted by Gasteiger charge is -2.38. The minimum absolute atomic E-state index is 0.0821. The number of benzene rings is 2. The number of nitrogens with one attached hydrogen (secondary N) is 1. The van der Waals surface area contributed by atoms with Crippen LogP contribution in [0.5, 0.6) is 0 Å². The molecule has 0 spiro atoms. The van der Waals surface area contributed by atoms with E-state index in [2.05, 4.69) is 17.4 Å². The Morgan fingerprint density at radius 2 is 1.62 bits per heavy atom. The summed E-state index contributed by atoms with van der Waals surface area (Å²) in [5, 5.41) is 12.1. The molecule has 0 radical (unpaired) electrons. The third-order valence-electron chi connectivity index (χ3n) is 6.21. The quantitative estimate of drug-likeness (QED) is 0.683. The zero-order chi connectivity index (χ0) is 24.5. The van der Waals surface area contributed by atoms with Gasteiger partial charge in [-0.3, -0.25) is 9.69 Å². The van der Waals surface area contributed by atoms with Crippen molar-refractivity contribution in [1.82, 2.24) is 10.2 Å². The highest BCUT2D eigenvalue weighted by molar-refractivity contribution is 5.79. The maximum atomic E-state index is 12.8. The van der Waals surface area contributed by atoms with E-state index in [1.165, 1.54) is 4.90 Å². The number of carbonyl (C=O) groups is 3. The number of alkyl carbamates (subject to hydrolysis) is 1. The first kappa shape index (κ1) is 23.6. The first-order chi connectivity index (χ1) is 16.1. The van der Waals surface area contributed by atoms with Gasteiger partial charge in [-0.15, -0.1) is 0 Å². The van der Waals surface area contributed by atoms with Gasteiger partial charge >= 0.3 is 18.2 Å². The first-order valence-electron chi connectivity index (χ1n) is 11.5. The highest BCUT2D eigenvalue weighted by Crippen LogP contribution is 2.44. The fourth-order valence-electron chi connectivity index (χ4n) is 4.64. The van der Waals surface area contributed by atoms with E-state index in [1.807, 2.05) is 36.4 Å². The molecule has 2 aromatic carbocycles. The Balaban J connectivity index is 1.45. The average molecular weight is 467 g/mol. The number of hydrogen-bond acceptors (Lipinski definition) is 5. The standard InChI is InChI=1S/C26H30N2O6/c1-26(2,3)34-25(32)28-13-12-16(23(29)30)14-22(28)27-24(31)33-15-21-19-10-6-4-8-17(19)18-9-5-7-11-20(18)21/h4-11,16,21-22H,12-15H2,1-3H3,(H,27,31)(H,29,30)/t16-,22+/m1/s1. The lowest BCUT2D eigenvalue weighted by atomic mass is 9.95. The van der Waals surface area contributed by atoms with Gasteiger partial charge in [0.15, 0.2) is 0 Å². The SMILES string of the molecule is CC(C)(C)OC(=O)N1CC[C@@H](C(=O)O)C[C@H]1NC(=O)OCC1c2ccccc2-c2ccccc21. The topological polar surface area (TPSA) is 105 Å². The molecule has 8 heteroatoms. The second-order valence-corrected chi connectivity index (χ2v) is 9.72. The van der Waals surface area contributed by atoms with Crippen molar-refractivity contribution in [2.75, 3.05) is 13.2 Å². The van der Waals surface area contributed by atoms with Gasteiger partial charge in [-0.25, -0.2) is 9.59 Å². The fraction of sp³-hybridized carbons (Fsp3) is 0.423. The Morgan fingerprint density at radius 1 is 1.03 bits per heavy atom. The number of aliphatic carboxylic acids is 1. The predicted octanol–water partition coefficient (Wildman–Crippen LogP) is 4.58. The van der Waals surface area contributed by atoms with E-state index in [9.17, 15) is 19.5 Å². The third-order valence-corrected chi connectivity index (χ3v) is 6.21. The summed E-state index contributed by atoms with van der Waals surface area (Å²) in [6, 6.07) is 16.1. The second-order valence-electron chi connectivity index (χ2n) is 9.72. The summed E-state index contributed by atoms with van der Waals surface area (Å²) in [4.78, 5) is 38.4. The summed E-state index contributed by atoms with van der Waals surface area (Å²) in [7, 11) is 0. The second kappa shape index (κ2) is 9.37. The number of hydrogen-bond donors (Lipinski definition) is 2. The first-order valence-corrected chi connectivity index (χ1v) is 11.5. The zero-order valence-electron chi connectivity index (χ0n) is 19.6. The molecule has 0 bridgehead atoms. The smallest absolute Gasteiger partial charge is 0.411 e. The summed E-state index contributed by atoms with van der Waals surface area (Å²) in [5.41, 5.74) is 3.72. The zero-order valence-corrected chi connectivity index (χ0v) is 19.6. The molecule has 4 rings (SSSR count). The van der Waals surface area contributed by atoms with E-state index in [0.717, 1.165) is 22.3 Å². The number of piperidine rings is 1. The van der Waals surface area contributed by atoms with Crippen molar-refractivity contribution in [3.05, 3.63) is 59.7 Å². The van der Waals surface area contributed by atoms with Crippen LogP contribution in [0.2, 0.25) is 0 Å². The Morgan fingerprint density at radius 3 is 2.18 bits per heavy atom. The van der Waals surface area contributed by atoms with Crippen LogP contribution in [0, 0.1) is 5.92 Å². The molecule has 8 nitrogen and oxygen atoms in total. The number of carbonyl (C=O) groups excluding carboxylic acids is 2. The number of fused-ring (bicyclic) bond motifs is 3. The molecule has 2 aliphatic rings. The molecule has 34 heavy (non-hydrogen) atoms. The van der Waals surface area contributed by atoms with Gasteiger partial charge in [0, 0.05) is 12.5 Å². The molecule has 0 saturated carbocycles. The molecule has 1 fully saturated rings. The van der Waals surface area contributed by atoms with Crippen LogP contribution in [-0.2, 0) is 14.3 Å². The number of carboxylic acids is 1. The number of ether oxygens (including phenoxy) is 2. The maximum absolute atomic E-state index is 12.8. The molecule has 2 atom stereocenters. The molecule has 1 heterocycles. The molecule has 2 aromatic rings. The Labute approximate surface area is 198 Å². The summed E-state index contributed by atoms with van der Waals surface area (Å²) in [5.74, 6) is -1.72. The van der Waals surface area contributed by atoms with Gasteiger partial charge in [0.05, 0.1) is 5.92 Å². The van der Waals surface area contributed by atoms with E-state index in [1.54, 1.807) is 20.8 Å². The number of likely N-dealkylation sites (tertiary alicyclic amines) is 1. The van der Waals surface area contributed by atoms with Gasteiger partial charge in [-0.05, 0) is 55.9 Å². The van der Waals surface area contributed by atoms with E-state index < -0.39 is 35.8 Å². The molecule has 2 amide bonds. The van der Waals surface area contributed by atoms with Crippen molar-refractivity contribution in [3.63, 3.8) is 0 Å². The number of amides is 2. The maximum Gasteiger partial charge on any atom is 0.411 e. The van der Waals surface area contributed by atoms with E-state index in [0.29, 0.717) is 0 Å². The highest BCUT2D eigenvalue weighted by atomic mass is 16.6. The molecule has 1 aliphatic carbocycles. The van der Waals surface area contributed by atoms with Crippen LogP contribution in [0.1, 0.15) is 50.7 Å². The van der Waals surface area contributed by atoms with E-state index >= 15 is 0 Å². The number of rotatable bonds is 4. The van der Waals surface area contributed by atoms with Crippen molar-refractivity contribution in [1.29, 1.82) is 0 Å². The molecule has 1 aliphatic heterocycles. The van der Waals surface area contributed by atoms with Crippen molar-refractivity contribution >= 4 is 18.2 Å². The number of carboxylic acid groups (broad SMARTS) is 1. The fourth-order valence-corrected chi connectivity index (χ4v) is 4.64. The Bertz CT molecular complexity index is 1050. The van der Waals surface area contributed by atoms with Crippen LogP contribution in [-0.4, -0.2) is 53.1 Å². The lowest BCUT2D eigenvalue weighted by Crippen LogP contribution is -2.56. The van der Waals surface area contributed by atoms with Crippen LogP contribution in [0.15, 0.2) is 48.5 Å². The monoisotopic (exact) mass is 466 g/mol. The molecule has 1 saturated heterocycles. The Hall–Kier alpha value is -3.55. The average Bonchev–Trinajstić information content (AvgIpc) is 3.10. The van der Waals surface area contributed by atoms with Crippen LogP contribution >= 0.6 is 0 Å². The summed E-state index contributed by atoms with van der Waals surface area (Å²) in [6.45, 7) is 5.55. The summed E-state index contributed by atoms with van der Waals surface area (Å²) in [6.07, 6.45) is -1.76. The molecule has 0 unspecified atom stereocenters. The minimum Gasteiger partial charge on any atom is -0.481 e. The van der Waals surface area contributed by atoms with Crippen molar-refractivity contribution < 1.29 is 29.0 Å². The largest absolute Gasteiger partial charge is 0.481 e. The Kier molecular flexibility index (Phi) is 6.50. The van der Waals surface area contributed by atoms with Crippen molar-refractivity contribution in [2.45, 2.75) is 51.3 Å². The van der Waals surface area contributed by atoms with Gasteiger partial charge in [-0.2, -0.15) is 0 Å². The lowest BCUT2D eigenvalue weighted by molar-refractivity contribution is -0.144. The normalized spacial score (nSPS) is 19.7. The van der Waals surface area contributed by atoms with Gasteiger partial charge < -0.3 is 19.9 Å². The van der Waals surface area contributed by atoms with Gasteiger partial charge in [0.1, 0.15) is 18.4 Å². The molecule has 2 N–H and O–H groups in total. The van der Waals surface area contributed by atoms with E-state index in [-0.39, 0.29) is 31.9 Å². The van der Waals surface area contributed by atoms with Crippen LogP contribution in [0.25, 0.3) is 11.1 Å². The van der Waals surface area contributed by atoms with Crippen LogP contribution < -0.4 is 5.32 Å². The van der Waals surface area contributed by atoms with E-state index in [4.69, 9.17) is 9.47 Å².